The van der Waals surface area contributed by atoms with Crippen LogP contribution in [-0.4, -0.2) is 23.6 Å². The molecule has 2 aromatic rings. The number of nitrogens with zero attached hydrogens (tertiary/aromatic N) is 2. The first-order valence-corrected chi connectivity index (χ1v) is 6.26. The van der Waals surface area contributed by atoms with Crippen LogP contribution >= 0.6 is 0 Å². The maximum Gasteiger partial charge on any atom is 0.226 e. The molecule has 0 saturated heterocycles. The largest absolute Gasteiger partial charge is 0.481 e. The minimum absolute atomic E-state index is 0.479. The highest BCUT2D eigenvalue weighted by Crippen LogP contribution is 2.34. The Balaban J connectivity index is 1.90. The number of aryl methyl sites for hydroxylation is 1. The smallest absolute Gasteiger partial charge is 0.226 e. The van der Waals surface area contributed by atoms with Gasteiger partial charge < -0.3 is 14.8 Å². The van der Waals surface area contributed by atoms with Gasteiger partial charge in [-0.2, -0.15) is 0 Å². The summed E-state index contributed by atoms with van der Waals surface area (Å²) in [4.78, 5) is 8.05. The molecule has 0 fully saturated rings. The van der Waals surface area contributed by atoms with Crippen molar-refractivity contribution in [1.29, 1.82) is 0 Å². The summed E-state index contributed by atoms with van der Waals surface area (Å²) in [6, 6.07) is 7.72. The van der Waals surface area contributed by atoms with E-state index in [1.54, 1.807) is 13.2 Å². The van der Waals surface area contributed by atoms with Crippen LogP contribution in [0.3, 0.4) is 0 Å². The van der Waals surface area contributed by atoms with E-state index in [1.165, 1.54) is 11.9 Å². The topological polar surface area (TPSA) is 56.3 Å². The normalized spacial score (nSPS) is 13.3. The molecular formula is C14H15N3O2. The molecule has 19 heavy (non-hydrogen) atoms. The standard InChI is InChI=1S/C14H15N3O2/c1-18-12-8-13(17-9-16-12)19-11-6-2-4-10-5-3-7-15-14(10)11/h2,4,6,8-9,15H,3,5,7H2,1H3. The average Bonchev–Trinajstić information content (AvgIpc) is 2.48. The van der Waals surface area contributed by atoms with E-state index in [2.05, 4.69) is 21.4 Å². The molecule has 5 heteroatoms. The lowest BCUT2D eigenvalue weighted by atomic mass is 10.0. The van der Waals surface area contributed by atoms with Crippen LogP contribution in [0.25, 0.3) is 0 Å². The Bertz CT molecular complexity index is 587. The van der Waals surface area contributed by atoms with E-state index in [0.717, 1.165) is 30.8 Å². The summed E-state index contributed by atoms with van der Waals surface area (Å²) in [6.07, 6.45) is 3.65. The van der Waals surface area contributed by atoms with Crippen LogP contribution in [0.5, 0.6) is 17.5 Å². The Morgan fingerprint density at radius 1 is 1.21 bits per heavy atom. The fourth-order valence-corrected chi connectivity index (χ4v) is 2.17. The van der Waals surface area contributed by atoms with E-state index < -0.39 is 0 Å². The Kier molecular flexibility index (Phi) is 3.18. The number of hydrogen-bond acceptors (Lipinski definition) is 5. The highest BCUT2D eigenvalue weighted by Gasteiger charge is 2.14. The number of hydrogen-bond donors (Lipinski definition) is 1. The highest BCUT2D eigenvalue weighted by molar-refractivity contribution is 5.64. The minimum Gasteiger partial charge on any atom is -0.481 e. The molecule has 0 atom stereocenters. The lowest BCUT2D eigenvalue weighted by Crippen LogP contribution is -2.12. The van der Waals surface area contributed by atoms with Crippen LogP contribution in [-0.2, 0) is 6.42 Å². The molecule has 0 saturated carbocycles. The van der Waals surface area contributed by atoms with Crippen molar-refractivity contribution < 1.29 is 9.47 Å². The van der Waals surface area contributed by atoms with Crippen LogP contribution in [0.2, 0.25) is 0 Å². The summed E-state index contributed by atoms with van der Waals surface area (Å²) in [6.45, 7) is 0.973. The average molecular weight is 257 g/mol. The van der Waals surface area contributed by atoms with Gasteiger partial charge in [0.2, 0.25) is 11.8 Å². The molecule has 0 spiro atoms. The lowest BCUT2D eigenvalue weighted by Gasteiger charge is -2.20. The molecule has 1 aliphatic heterocycles. The van der Waals surface area contributed by atoms with Crippen molar-refractivity contribution in [3.63, 3.8) is 0 Å². The molecule has 1 aromatic carbocycles. The first kappa shape index (κ1) is 11.8. The molecule has 0 unspecified atom stereocenters. The van der Waals surface area contributed by atoms with E-state index in [9.17, 15) is 0 Å². The van der Waals surface area contributed by atoms with Gasteiger partial charge in [0.15, 0.2) is 5.75 Å². The number of anilines is 1. The maximum absolute atomic E-state index is 5.83. The zero-order valence-corrected chi connectivity index (χ0v) is 10.7. The third-order valence-electron chi connectivity index (χ3n) is 3.08. The summed E-state index contributed by atoms with van der Waals surface area (Å²) in [5.41, 5.74) is 2.34. The predicted molar refractivity (Wildman–Crippen MR) is 71.9 cm³/mol. The Morgan fingerprint density at radius 2 is 2.11 bits per heavy atom. The SMILES string of the molecule is COc1cc(Oc2cccc3c2NCCC3)ncn1. The van der Waals surface area contributed by atoms with Crippen LogP contribution < -0.4 is 14.8 Å². The quantitative estimate of drug-likeness (QED) is 0.916. The molecule has 0 amide bonds. The molecule has 0 radical (unpaired) electrons. The number of methoxy groups -OCH3 is 1. The summed E-state index contributed by atoms with van der Waals surface area (Å²) in [5, 5.41) is 3.38. The third-order valence-corrected chi connectivity index (χ3v) is 3.08. The molecular weight excluding hydrogens is 242 g/mol. The van der Waals surface area contributed by atoms with E-state index in [4.69, 9.17) is 9.47 Å². The summed E-state index contributed by atoms with van der Waals surface area (Å²) < 4.78 is 10.9. The van der Waals surface area contributed by atoms with Crippen molar-refractivity contribution in [2.75, 3.05) is 19.0 Å². The third kappa shape index (κ3) is 2.45. The fourth-order valence-electron chi connectivity index (χ4n) is 2.17. The van der Waals surface area contributed by atoms with Crippen molar-refractivity contribution in [2.24, 2.45) is 0 Å². The number of benzene rings is 1. The van der Waals surface area contributed by atoms with Gasteiger partial charge in [0.05, 0.1) is 18.9 Å². The minimum atomic E-state index is 0.479. The number of rotatable bonds is 3. The first-order chi connectivity index (χ1) is 9.36. The van der Waals surface area contributed by atoms with Gasteiger partial charge in [-0.3, -0.25) is 0 Å². The van der Waals surface area contributed by atoms with E-state index in [-0.39, 0.29) is 0 Å². The van der Waals surface area contributed by atoms with Gasteiger partial charge in [0.1, 0.15) is 6.33 Å². The summed E-state index contributed by atoms with van der Waals surface area (Å²) in [5.74, 6) is 1.76. The van der Waals surface area contributed by atoms with Crippen molar-refractivity contribution >= 4 is 5.69 Å². The second-order valence-electron chi connectivity index (χ2n) is 4.32. The van der Waals surface area contributed by atoms with Gasteiger partial charge in [0.25, 0.3) is 0 Å². The summed E-state index contributed by atoms with van der Waals surface area (Å²) >= 11 is 0. The molecule has 0 bridgehead atoms. The molecule has 3 rings (SSSR count). The Hall–Kier alpha value is -2.30. The van der Waals surface area contributed by atoms with Crippen LogP contribution in [0.4, 0.5) is 5.69 Å². The van der Waals surface area contributed by atoms with Gasteiger partial charge in [0, 0.05) is 6.54 Å². The second kappa shape index (κ2) is 5.14. The van der Waals surface area contributed by atoms with Crippen LogP contribution in [0.15, 0.2) is 30.6 Å². The second-order valence-corrected chi connectivity index (χ2v) is 4.32. The number of aromatic nitrogens is 2. The number of para-hydroxylation sites is 1. The highest BCUT2D eigenvalue weighted by atomic mass is 16.5. The van der Waals surface area contributed by atoms with Crippen molar-refractivity contribution in [1.82, 2.24) is 9.97 Å². The number of nitrogens with one attached hydrogen (secondary N) is 1. The molecule has 98 valence electrons. The van der Waals surface area contributed by atoms with Gasteiger partial charge >= 0.3 is 0 Å². The van der Waals surface area contributed by atoms with Crippen molar-refractivity contribution in [3.8, 4) is 17.5 Å². The monoisotopic (exact) mass is 257 g/mol. The fraction of sp³-hybridized carbons (Fsp3) is 0.286. The zero-order valence-electron chi connectivity index (χ0n) is 10.7. The molecule has 0 aliphatic carbocycles. The van der Waals surface area contributed by atoms with Crippen molar-refractivity contribution in [2.45, 2.75) is 12.8 Å². The Labute approximate surface area is 111 Å². The first-order valence-electron chi connectivity index (χ1n) is 6.26. The van der Waals surface area contributed by atoms with E-state index in [1.807, 2.05) is 12.1 Å². The molecule has 2 heterocycles. The van der Waals surface area contributed by atoms with Gasteiger partial charge in [-0.25, -0.2) is 9.97 Å². The van der Waals surface area contributed by atoms with Crippen molar-refractivity contribution in [3.05, 3.63) is 36.2 Å². The molecule has 1 aliphatic rings. The van der Waals surface area contributed by atoms with E-state index >= 15 is 0 Å². The van der Waals surface area contributed by atoms with E-state index in [0.29, 0.717) is 11.8 Å². The number of fused-ring (bicyclic) bond motifs is 1. The lowest BCUT2D eigenvalue weighted by molar-refractivity contribution is 0.388. The van der Waals surface area contributed by atoms with Crippen LogP contribution in [0, 0.1) is 0 Å². The van der Waals surface area contributed by atoms with Crippen LogP contribution in [0.1, 0.15) is 12.0 Å². The Morgan fingerprint density at radius 3 is 3.00 bits per heavy atom. The number of ether oxygens (including phenoxy) is 2. The maximum atomic E-state index is 5.83. The molecule has 1 aromatic heterocycles. The molecule has 1 N–H and O–H groups in total. The zero-order chi connectivity index (χ0) is 13.1. The molecule has 5 nitrogen and oxygen atoms in total. The van der Waals surface area contributed by atoms with Gasteiger partial charge in [-0.15, -0.1) is 0 Å². The predicted octanol–water partition coefficient (Wildman–Crippen LogP) is 2.64. The van der Waals surface area contributed by atoms with Gasteiger partial charge in [-0.05, 0) is 24.5 Å². The van der Waals surface area contributed by atoms with Gasteiger partial charge in [-0.1, -0.05) is 12.1 Å². The summed E-state index contributed by atoms with van der Waals surface area (Å²) in [7, 11) is 1.57.